The first kappa shape index (κ1) is 76.8. The van der Waals surface area contributed by atoms with Gasteiger partial charge in [0, 0.05) is 59.2 Å². The highest BCUT2D eigenvalue weighted by Gasteiger charge is 2.49. The number of amides is 7. The predicted molar refractivity (Wildman–Crippen MR) is 328 cm³/mol. The van der Waals surface area contributed by atoms with Crippen molar-refractivity contribution in [2.45, 2.75) is 167 Å². The van der Waals surface area contributed by atoms with Crippen LogP contribution in [-0.4, -0.2) is 241 Å². The van der Waals surface area contributed by atoms with Gasteiger partial charge in [0.2, 0.25) is 51.8 Å². The molecule has 0 saturated carbocycles. The number of likely N-dealkylation sites (N-methyl/N-ethyl adjacent to an activating group) is 2. The normalized spacial score (nSPS) is 21.5. The zero-order valence-corrected chi connectivity index (χ0v) is 54.9. The molecular weight excluding hydrogens is 1210 g/mol. The van der Waals surface area contributed by atoms with Crippen molar-refractivity contribution in [1.82, 2.24) is 35.0 Å². The second kappa shape index (κ2) is 35.4. The van der Waals surface area contributed by atoms with Crippen molar-refractivity contribution in [2.75, 3.05) is 72.7 Å². The highest BCUT2D eigenvalue weighted by molar-refractivity contribution is 7.88. The van der Waals surface area contributed by atoms with Gasteiger partial charge in [-0.15, -0.1) is 0 Å². The Morgan fingerprint density at radius 1 is 0.846 bits per heavy atom. The topological polar surface area (TPSA) is 414 Å². The zero-order valence-electron chi connectivity index (χ0n) is 54.0. The molecule has 0 aromatic heterocycles. The minimum atomic E-state index is -4.03. The molecule has 2 heterocycles. The maximum absolute atomic E-state index is 14.9. The van der Waals surface area contributed by atoms with Crippen molar-refractivity contribution in [3.05, 3.63) is 59.7 Å². The Balaban J connectivity index is 1.54. The smallest absolute Gasteiger partial charge is 0.410 e. The van der Waals surface area contributed by atoms with Crippen LogP contribution in [-0.2, 0) is 74.0 Å². The molecule has 2 saturated heterocycles. The SMILES string of the molecule is CC[C@H](C)[C@@H]([C@@H](CC(=O)N1CCC[C@H]1[C@H](OC)[C@@H](C)C(=O)N[C@H](C)[C@@H](O)c1ccccc1)OC)N(C)C(=O)[C@@H](NC(=O)[C@H](C(C)C)N(C)C(=O)OCc1cc(NC(=O)CN(CCNC(=O)CON)S(C)(=O)=O)ccc1OC1OC(C(=O)O)C(O)C(O)C1O)C(C)C. The van der Waals surface area contributed by atoms with Crippen molar-refractivity contribution in [3.8, 4) is 5.75 Å². The lowest BCUT2D eigenvalue weighted by Gasteiger charge is -2.41. The molecule has 0 radical (unpaired) electrons. The van der Waals surface area contributed by atoms with E-state index in [1.165, 1.54) is 44.4 Å². The molecule has 91 heavy (non-hydrogen) atoms. The number of aliphatic hydroxyl groups is 4. The van der Waals surface area contributed by atoms with Crippen LogP contribution in [0, 0.1) is 23.7 Å². The van der Waals surface area contributed by atoms with Gasteiger partial charge in [-0.3, -0.25) is 38.5 Å². The summed E-state index contributed by atoms with van der Waals surface area (Å²) >= 11 is 0. The van der Waals surface area contributed by atoms with E-state index in [0.717, 1.165) is 15.5 Å². The molecule has 2 aliphatic heterocycles. The average molecular weight is 1310 g/mol. The van der Waals surface area contributed by atoms with Crippen LogP contribution in [0.15, 0.2) is 48.5 Å². The molecule has 0 spiro atoms. The Hall–Kier alpha value is -6.65. The molecule has 11 N–H and O–H groups in total. The summed E-state index contributed by atoms with van der Waals surface area (Å²) in [4.78, 5) is 117. The molecule has 4 rings (SSSR count). The number of benzene rings is 2. The van der Waals surface area contributed by atoms with Crippen molar-refractivity contribution >= 4 is 63.2 Å². The number of hydrogen-bond donors (Lipinski definition) is 10. The molecule has 15 atom stereocenters. The van der Waals surface area contributed by atoms with E-state index in [1.807, 2.05) is 19.9 Å². The molecule has 30 nitrogen and oxygen atoms in total. The van der Waals surface area contributed by atoms with E-state index in [0.29, 0.717) is 31.4 Å². The summed E-state index contributed by atoms with van der Waals surface area (Å²) in [6.07, 6.45) is -11.4. The summed E-state index contributed by atoms with van der Waals surface area (Å²) < 4.78 is 54.9. The lowest BCUT2D eigenvalue weighted by molar-refractivity contribution is -0.271. The maximum Gasteiger partial charge on any atom is 0.410 e. The third-order valence-electron chi connectivity index (χ3n) is 16.5. The summed E-state index contributed by atoms with van der Waals surface area (Å²) in [6.45, 7) is 11.9. The van der Waals surface area contributed by atoms with Gasteiger partial charge in [0.25, 0.3) is 0 Å². The average Bonchev–Trinajstić information content (AvgIpc) is 1.63. The molecular formula is C60H95N9O21S. The van der Waals surface area contributed by atoms with Gasteiger partial charge in [0.05, 0.1) is 61.6 Å². The number of rotatable bonds is 34. The molecule has 2 aromatic rings. The van der Waals surface area contributed by atoms with Crippen LogP contribution in [0.25, 0.3) is 0 Å². The first-order valence-electron chi connectivity index (χ1n) is 30.1. The number of carboxylic acid groups (broad SMARTS) is 1. The van der Waals surface area contributed by atoms with Crippen LogP contribution in [0.3, 0.4) is 0 Å². The van der Waals surface area contributed by atoms with E-state index < -0.39 is 162 Å². The number of ether oxygens (including phenoxy) is 5. The molecule has 2 aliphatic rings. The number of nitrogens with one attached hydrogen (secondary N) is 4. The number of nitrogens with two attached hydrogens (primary N) is 1. The Labute approximate surface area is 531 Å². The number of anilines is 1. The van der Waals surface area contributed by atoms with Crippen LogP contribution in [0.5, 0.6) is 5.75 Å². The highest BCUT2D eigenvalue weighted by Crippen LogP contribution is 2.33. The summed E-state index contributed by atoms with van der Waals surface area (Å²) in [5.74, 6) is -2.62. The number of likely N-dealkylation sites (tertiary alicyclic amines) is 1. The summed E-state index contributed by atoms with van der Waals surface area (Å²) in [5, 5.41) is 62.9. The number of carbonyl (C=O) groups is 8. The Morgan fingerprint density at radius 2 is 1.51 bits per heavy atom. The number of nitrogens with zero attached hydrogens (tertiary/aromatic N) is 4. The molecule has 0 aliphatic carbocycles. The van der Waals surface area contributed by atoms with Gasteiger partial charge in [-0.2, -0.15) is 4.31 Å². The number of aliphatic hydroxyl groups excluding tert-OH is 4. The van der Waals surface area contributed by atoms with Gasteiger partial charge in [0.1, 0.15) is 49.4 Å². The fourth-order valence-electron chi connectivity index (χ4n) is 11.3. The van der Waals surface area contributed by atoms with Gasteiger partial charge in [0.15, 0.2) is 6.10 Å². The van der Waals surface area contributed by atoms with E-state index in [-0.39, 0.29) is 54.2 Å². The zero-order chi connectivity index (χ0) is 68.4. The van der Waals surface area contributed by atoms with Crippen LogP contribution in [0.1, 0.15) is 98.3 Å². The number of aliphatic carboxylic acids is 1. The van der Waals surface area contributed by atoms with Crippen LogP contribution in [0.4, 0.5) is 10.5 Å². The van der Waals surface area contributed by atoms with Crippen molar-refractivity contribution in [3.63, 3.8) is 0 Å². The number of methoxy groups -OCH3 is 2. The van der Waals surface area contributed by atoms with Gasteiger partial charge in [-0.1, -0.05) is 85.2 Å². The highest BCUT2D eigenvalue weighted by atomic mass is 32.2. The minimum absolute atomic E-state index is 0.0352. The van der Waals surface area contributed by atoms with E-state index in [2.05, 4.69) is 26.1 Å². The van der Waals surface area contributed by atoms with Gasteiger partial charge in [-0.05, 0) is 61.3 Å². The van der Waals surface area contributed by atoms with Gasteiger partial charge >= 0.3 is 12.1 Å². The standard InChI is InChI=1S/C60H95N9O21S/c1-14-34(6)48(42(85-11)28-45(72)69-25-18-21-40(69)53(86-12)35(7)55(77)63-36(8)49(73)37-19-16-15-17-20-37)66(9)57(79)46(32(2)3)65-56(78)47(33(4)5)67(10)60(82)87-30-38-27-39(64-43(70)29-68(91(13,83)84)26-24-62-44(71)31-88-61)22-23-41(38)89-59-52(76)50(74)51(75)54(90-59)58(80)81/h15-17,19-20,22-23,27,32-36,40,42,46-54,59,73-76H,14,18,21,24-26,28-31,61H2,1-13H3,(H,62,71)(H,63,77)(H,64,70)(H,65,78)(H,80,81)/t34-,35+,36+,40-,42+,46-,47-,48-,49+,50?,51?,52?,53+,54?,59?/m0/s1. The molecule has 31 heteroatoms. The van der Waals surface area contributed by atoms with E-state index in [9.17, 15) is 72.3 Å². The van der Waals surface area contributed by atoms with Crippen molar-refractivity contribution < 1.29 is 101 Å². The van der Waals surface area contributed by atoms with E-state index >= 15 is 0 Å². The quantitative estimate of drug-likeness (QED) is 0.0414. The van der Waals surface area contributed by atoms with Crippen molar-refractivity contribution in [2.24, 2.45) is 29.6 Å². The second-order valence-electron chi connectivity index (χ2n) is 23.8. The predicted octanol–water partition coefficient (Wildman–Crippen LogP) is 0.0566. The van der Waals surface area contributed by atoms with Gasteiger partial charge < -0.3 is 80.3 Å². The third-order valence-corrected chi connectivity index (χ3v) is 17.8. The van der Waals surface area contributed by atoms with E-state index in [1.54, 1.807) is 77.8 Å². The number of sulfonamides is 1. The Kier molecular flexibility index (Phi) is 29.9. The summed E-state index contributed by atoms with van der Waals surface area (Å²) in [7, 11) is 1.76. The van der Waals surface area contributed by atoms with Gasteiger partial charge in [-0.25, -0.2) is 23.9 Å². The molecule has 7 amide bonds. The second-order valence-corrected chi connectivity index (χ2v) is 25.8. The molecule has 2 fully saturated rings. The third kappa shape index (κ3) is 20.9. The van der Waals surface area contributed by atoms with Crippen LogP contribution in [0.2, 0.25) is 0 Å². The number of carbonyl (C=O) groups excluding carboxylic acids is 7. The maximum atomic E-state index is 14.9. The Morgan fingerprint density at radius 3 is 2.08 bits per heavy atom. The van der Waals surface area contributed by atoms with Crippen molar-refractivity contribution in [1.29, 1.82) is 0 Å². The monoisotopic (exact) mass is 1310 g/mol. The lowest BCUT2D eigenvalue weighted by atomic mass is 9.89. The first-order valence-corrected chi connectivity index (χ1v) is 32.0. The molecule has 512 valence electrons. The van der Waals surface area contributed by atoms with E-state index in [4.69, 9.17) is 29.6 Å². The molecule has 0 bridgehead atoms. The Bertz CT molecular complexity index is 2880. The lowest BCUT2D eigenvalue weighted by Crippen LogP contribution is -2.61. The first-order chi connectivity index (χ1) is 42.7. The largest absolute Gasteiger partial charge is 0.479 e. The number of hydrogen-bond acceptors (Lipinski definition) is 21. The minimum Gasteiger partial charge on any atom is -0.479 e. The fourth-order valence-corrected chi connectivity index (χ4v) is 12.0. The van der Waals surface area contributed by atoms with Crippen LogP contribution < -0.4 is 31.9 Å². The molecule has 5 unspecified atom stereocenters. The fraction of sp³-hybridized carbons (Fsp3) is 0.667. The molecule has 2 aromatic carbocycles. The van der Waals surface area contributed by atoms with Crippen LogP contribution >= 0.6 is 0 Å². The number of carboxylic acids is 1. The summed E-state index contributed by atoms with van der Waals surface area (Å²) in [5.41, 5.74) is 0.510. The summed E-state index contributed by atoms with van der Waals surface area (Å²) in [6, 6.07) is 8.31.